The fraction of sp³-hybridized carbons (Fsp3) is 0.364. The maximum Gasteiger partial charge on any atom is 0.258 e. The average Bonchev–Trinajstić information content (AvgIpc) is 3.46. The Morgan fingerprint density at radius 1 is 1.03 bits per heavy atom. The molecule has 0 aromatic heterocycles. The molecule has 2 aromatic carbocycles. The van der Waals surface area contributed by atoms with Crippen LogP contribution in [0.15, 0.2) is 48.5 Å². The number of carbonyl (C=O) groups is 2. The molecule has 2 fully saturated rings. The van der Waals surface area contributed by atoms with Gasteiger partial charge in [-0.05, 0) is 36.6 Å². The molecular weight excluding hydrogens is 404 g/mol. The first-order valence-electron chi connectivity index (χ1n) is 9.80. The molecule has 1 saturated heterocycles. The van der Waals surface area contributed by atoms with Gasteiger partial charge in [-0.25, -0.2) is 0 Å². The standard InChI is InChI=1S/C22H24N2O3S2/c25-20(14-27-19-7-2-1-6-18(19)22-28-10-11-29-22)23-13-15-4-3-5-17(12-15)24-21(26)16-8-9-16/h1-7,12,16,22H,8-11,13-14H2,(H,23,25)(H,24,26). The predicted octanol–water partition coefficient (Wildman–Crippen LogP) is 4.21. The fourth-order valence-electron chi connectivity index (χ4n) is 3.09. The van der Waals surface area contributed by atoms with Crippen LogP contribution in [0.3, 0.4) is 0 Å². The lowest BCUT2D eigenvalue weighted by atomic mass is 10.2. The Labute approximate surface area is 179 Å². The molecule has 1 aliphatic carbocycles. The van der Waals surface area contributed by atoms with Gasteiger partial charge in [0.25, 0.3) is 5.91 Å². The first-order chi connectivity index (χ1) is 14.2. The van der Waals surface area contributed by atoms with Gasteiger partial charge in [0.2, 0.25) is 5.91 Å². The predicted molar refractivity (Wildman–Crippen MR) is 119 cm³/mol. The third kappa shape index (κ3) is 5.70. The number of hydrogen-bond donors (Lipinski definition) is 2. The van der Waals surface area contributed by atoms with E-state index in [4.69, 9.17) is 4.74 Å². The minimum Gasteiger partial charge on any atom is -0.483 e. The van der Waals surface area contributed by atoms with Gasteiger partial charge in [-0.2, -0.15) is 0 Å². The lowest BCUT2D eigenvalue weighted by Gasteiger charge is -2.15. The first-order valence-corrected chi connectivity index (χ1v) is 11.9. The van der Waals surface area contributed by atoms with E-state index >= 15 is 0 Å². The lowest BCUT2D eigenvalue weighted by molar-refractivity contribution is -0.123. The molecule has 0 unspecified atom stereocenters. The Bertz CT molecular complexity index is 880. The number of para-hydroxylation sites is 1. The van der Waals surface area contributed by atoms with Crippen LogP contribution < -0.4 is 15.4 Å². The topological polar surface area (TPSA) is 67.4 Å². The summed E-state index contributed by atoms with van der Waals surface area (Å²) in [6.45, 7) is 0.377. The molecule has 0 spiro atoms. The molecule has 5 nitrogen and oxygen atoms in total. The van der Waals surface area contributed by atoms with Crippen LogP contribution in [-0.4, -0.2) is 29.9 Å². The van der Waals surface area contributed by atoms with Gasteiger partial charge in [-0.3, -0.25) is 9.59 Å². The number of carbonyl (C=O) groups excluding carboxylic acids is 2. The van der Waals surface area contributed by atoms with Gasteiger partial charge in [0.05, 0.1) is 4.58 Å². The number of rotatable bonds is 8. The molecule has 2 amide bonds. The van der Waals surface area contributed by atoms with Crippen molar-refractivity contribution in [1.82, 2.24) is 5.32 Å². The van der Waals surface area contributed by atoms with Crippen LogP contribution in [0.1, 0.15) is 28.6 Å². The van der Waals surface area contributed by atoms with Gasteiger partial charge in [0, 0.05) is 35.2 Å². The second kappa shape index (κ2) is 9.59. The number of nitrogens with one attached hydrogen (secondary N) is 2. The third-order valence-corrected chi connectivity index (χ3v) is 7.85. The maximum absolute atomic E-state index is 12.3. The molecule has 2 aliphatic rings. The molecular formula is C22H24N2O3S2. The van der Waals surface area contributed by atoms with E-state index in [1.165, 1.54) is 0 Å². The van der Waals surface area contributed by atoms with E-state index in [-0.39, 0.29) is 24.3 Å². The van der Waals surface area contributed by atoms with E-state index in [0.29, 0.717) is 11.1 Å². The highest BCUT2D eigenvalue weighted by atomic mass is 32.2. The Balaban J connectivity index is 1.27. The van der Waals surface area contributed by atoms with Crippen LogP contribution in [0.5, 0.6) is 5.75 Å². The third-order valence-electron chi connectivity index (χ3n) is 4.79. The minimum absolute atomic E-state index is 0.0167. The first kappa shape index (κ1) is 20.2. The van der Waals surface area contributed by atoms with Crippen molar-refractivity contribution in [3.8, 4) is 5.75 Å². The lowest BCUT2D eigenvalue weighted by Crippen LogP contribution is -2.28. The van der Waals surface area contributed by atoms with E-state index in [1.54, 1.807) is 0 Å². The molecule has 2 N–H and O–H groups in total. The summed E-state index contributed by atoms with van der Waals surface area (Å²) in [5.74, 6) is 3.14. The molecule has 1 heterocycles. The highest BCUT2D eigenvalue weighted by Gasteiger charge is 2.29. The van der Waals surface area contributed by atoms with Crippen LogP contribution in [0, 0.1) is 5.92 Å². The number of amides is 2. The minimum atomic E-state index is -0.168. The van der Waals surface area contributed by atoms with Gasteiger partial charge in [0.1, 0.15) is 5.75 Å². The summed E-state index contributed by atoms with van der Waals surface area (Å²) in [6.07, 6.45) is 1.95. The summed E-state index contributed by atoms with van der Waals surface area (Å²) < 4.78 is 6.19. The van der Waals surface area contributed by atoms with Gasteiger partial charge in [0.15, 0.2) is 6.61 Å². The van der Waals surface area contributed by atoms with Gasteiger partial charge in [-0.15, -0.1) is 23.5 Å². The van der Waals surface area contributed by atoms with E-state index < -0.39 is 0 Å². The quantitative estimate of drug-likeness (QED) is 0.659. The van der Waals surface area contributed by atoms with Crippen LogP contribution in [-0.2, 0) is 16.1 Å². The zero-order valence-corrected chi connectivity index (χ0v) is 17.7. The second-order valence-electron chi connectivity index (χ2n) is 7.14. The summed E-state index contributed by atoms with van der Waals surface area (Å²) in [5, 5.41) is 5.82. The smallest absolute Gasteiger partial charge is 0.258 e. The summed E-state index contributed by atoms with van der Waals surface area (Å²) >= 11 is 3.83. The van der Waals surface area contributed by atoms with Crippen LogP contribution in [0.25, 0.3) is 0 Å². The highest BCUT2D eigenvalue weighted by Crippen LogP contribution is 2.48. The number of thioether (sulfide) groups is 2. The summed E-state index contributed by atoms with van der Waals surface area (Å²) in [5.41, 5.74) is 2.85. The van der Waals surface area contributed by atoms with Crippen molar-refractivity contribution in [3.63, 3.8) is 0 Å². The number of ether oxygens (including phenoxy) is 1. The molecule has 29 heavy (non-hydrogen) atoms. The van der Waals surface area contributed by atoms with Gasteiger partial charge < -0.3 is 15.4 Å². The molecule has 1 saturated carbocycles. The Morgan fingerprint density at radius 2 is 1.83 bits per heavy atom. The second-order valence-corrected chi connectivity index (χ2v) is 9.87. The average molecular weight is 429 g/mol. The molecule has 2 aromatic rings. The van der Waals surface area contributed by atoms with Gasteiger partial charge >= 0.3 is 0 Å². The molecule has 4 rings (SSSR count). The van der Waals surface area contributed by atoms with Crippen molar-refractivity contribution in [2.75, 3.05) is 23.4 Å². The molecule has 0 radical (unpaired) electrons. The van der Waals surface area contributed by atoms with E-state index in [9.17, 15) is 9.59 Å². The molecule has 152 valence electrons. The molecule has 1 aliphatic heterocycles. The number of hydrogen-bond acceptors (Lipinski definition) is 5. The van der Waals surface area contributed by atoms with Crippen molar-refractivity contribution in [2.24, 2.45) is 5.92 Å². The van der Waals surface area contributed by atoms with Crippen LogP contribution in [0.2, 0.25) is 0 Å². The van der Waals surface area contributed by atoms with Crippen molar-refractivity contribution in [2.45, 2.75) is 24.0 Å². The highest BCUT2D eigenvalue weighted by molar-refractivity contribution is 8.19. The largest absolute Gasteiger partial charge is 0.483 e. The molecule has 7 heteroatoms. The number of anilines is 1. The van der Waals surface area contributed by atoms with E-state index in [0.717, 1.165) is 46.9 Å². The van der Waals surface area contributed by atoms with Gasteiger partial charge in [-0.1, -0.05) is 30.3 Å². The Kier molecular flexibility index (Phi) is 6.67. The Morgan fingerprint density at radius 3 is 2.62 bits per heavy atom. The summed E-state index contributed by atoms with van der Waals surface area (Å²) in [4.78, 5) is 24.2. The van der Waals surface area contributed by atoms with Crippen LogP contribution >= 0.6 is 23.5 Å². The summed E-state index contributed by atoms with van der Waals surface area (Å²) in [7, 11) is 0. The van der Waals surface area contributed by atoms with Crippen molar-refractivity contribution in [3.05, 3.63) is 59.7 Å². The van der Waals surface area contributed by atoms with Crippen molar-refractivity contribution < 1.29 is 14.3 Å². The zero-order valence-electron chi connectivity index (χ0n) is 16.1. The monoisotopic (exact) mass is 428 g/mol. The zero-order chi connectivity index (χ0) is 20.1. The van der Waals surface area contributed by atoms with Crippen molar-refractivity contribution >= 4 is 41.0 Å². The van der Waals surface area contributed by atoms with E-state index in [2.05, 4.69) is 16.7 Å². The molecule has 0 atom stereocenters. The van der Waals surface area contributed by atoms with Crippen LogP contribution in [0.4, 0.5) is 5.69 Å². The normalized spacial score (nSPS) is 16.4. The van der Waals surface area contributed by atoms with Crippen molar-refractivity contribution in [1.29, 1.82) is 0 Å². The maximum atomic E-state index is 12.3. The van der Waals surface area contributed by atoms with E-state index in [1.807, 2.05) is 66.0 Å². The summed E-state index contributed by atoms with van der Waals surface area (Å²) in [6, 6.07) is 15.5. The Hall–Kier alpha value is -2.12. The fourth-order valence-corrected chi connectivity index (χ4v) is 6.00. The number of benzene rings is 2. The SMILES string of the molecule is O=C(COc1ccccc1C1SCCS1)NCc1cccc(NC(=O)C2CC2)c1. The molecule has 0 bridgehead atoms.